The molecular formula is C18H17ClN2O4S. The molecule has 1 aromatic carbocycles. The van der Waals surface area contributed by atoms with Gasteiger partial charge in [0.1, 0.15) is 11.3 Å². The minimum atomic E-state index is -1.14. The van der Waals surface area contributed by atoms with Gasteiger partial charge in [0.25, 0.3) is 5.91 Å². The van der Waals surface area contributed by atoms with Gasteiger partial charge in [0.05, 0.1) is 22.9 Å². The van der Waals surface area contributed by atoms with E-state index in [9.17, 15) is 14.4 Å². The minimum Gasteiger partial charge on any atom is -0.496 e. The molecule has 1 fully saturated rings. The molecule has 136 valence electrons. The Morgan fingerprint density at radius 3 is 2.65 bits per heavy atom. The van der Waals surface area contributed by atoms with Gasteiger partial charge in [-0.25, -0.2) is 4.79 Å². The number of hydrogen-bond acceptors (Lipinski definition) is 5. The van der Waals surface area contributed by atoms with Crippen LogP contribution in [-0.4, -0.2) is 41.8 Å². The molecule has 2 aromatic rings. The van der Waals surface area contributed by atoms with Gasteiger partial charge in [0, 0.05) is 6.42 Å². The Hall–Kier alpha value is -2.38. The van der Waals surface area contributed by atoms with Crippen LogP contribution in [-0.2, 0) is 11.2 Å². The fourth-order valence-corrected chi connectivity index (χ4v) is 3.90. The van der Waals surface area contributed by atoms with Gasteiger partial charge in [-0.3, -0.25) is 14.5 Å². The van der Waals surface area contributed by atoms with Gasteiger partial charge >= 0.3 is 6.03 Å². The Balaban J connectivity index is 1.78. The minimum absolute atomic E-state index is 0.261. The van der Waals surface area contributed by atoms with Crippen LogP contribution in [0, 0.1) is 0 Å². The number of imide groups is 1. The van der Waals surface area contributed by atoms with Crippen LogP contribution in [0.5, 0.6) is 5.75 Å². The molecule has 0 saturated carbocycles. The fraction of sp³-hybridized carbons (Fsp3) is 0.278. The SMILES string of the molecule is COc1ccccc1C[C@@]1(C)NC(=O)N(CC(=O)c2ccc(Cl)s2)C1=O. The number of ether oxygens (including phenoxy) is 1. The quantitative estimate of drug-likeness (QED) is 0.605. The highest BCUT2D eigenvalue weighted by molar-refractivity contribution is 7.18. The number of urea groups is 1. The summed E-state index contributed by atoms with van der Waals surface area (Å²) in [4.78, 5) is 38.8. The third-order valence-electron chi connectivity index (χ3n) is 4.23. The molecule has 6 nitrogen and oxygen atoms in total. The van der Waals surface area contributed by atoms with E-state index in [1.807, 2.05) is 18.2 Å². The molecule has 1 N–H and O–H groups in total. The van der Waals surface area contributed by atoms with Crippen molar-refractivity contribution in [2.24, 2.45) is 0 Å². The Morgan fingerprint density at radius 2 is 2.00 bits per heavy atom. The van der Waals surface area contributed by atoms with Crippen molar-refractivity contribution in [2.45, 2.75) is 18.9 Å². The van der Waals surface area contributed by atoms with Crippen molar-refractivity contribution < 1.29 is 19.1 Å². The van der Waals surface area contributed by atoms with E-state index in [0.717, 1.165) is 21.8 Å². The lowest BCUT2D eigenvalue weighted by Gasteiger charge is -2.22. The van der Waals surface area contributed by atoms with Gasteiger partial charge in [-0.1, -0.05) is 29.8 Å². The van der Waals surface area contributed by atoms with Crippen LogP contribution >= 0.6 is 22.9 Å². The highest BCUT2D eigenvalue weighted by Gasteiger charge is 2.48. The number of benzene rings is 1. The Morgan fingerprint density at radius 1 is 1.27 bits per heavy atom. The molecule has 1 saturated heterocycles. The number of nitrogens with zero attached hydrogens (tertiary/aromatic N) is 1. The second-order valence-electron chi connectivity index (χ2n) is 6.17. The first-order valence-electron chi connectivity index (χ1n) is 7.88. The maximum Gasteiger partial charge on any atom is 0.325 e. The van der Waals surface area contributed by atoms with Crippen molar-refractivity contribution in [1.82, 2.24) is 10.2 Å². The summed E-state index contributed by atoms with van der Waals surface area (Å²) in [5.41, 5.74) is -0.344. The van der Waals surface area contributed by atoms with Crippen LogP contribution in [0.4, 0.5) is 4.79 Å². The number of carbonyl (C=O) groups excluding carboxylic acids is 3. The molecule has 0 aliphatic carbocycles. The third-order valence-corrected chi connectivity index (χ3v) is 5.50. The zero-order valence-electron chi connectivity index (χ0n) is 14.2. The number of hydrogen-bond donors (Lipinski definition) is 1. The summed E-state index contributed by atoms with van der Waals surface area (Å²) in [7, 11) is 1.55. The largest absolute Gasteiger partial charge is 0.496 e. The average molecular weight is 393 g/mol. The maximum atomic E-state index is 12.8. The van der Waals surface area contributed by atoms with Crippen LogP contribution in [0.3, 0.4) is 0 Å². The molecule has 1 aromatic heterocycles. The van der Waals surface area contributed by atoms with E-state index in [4.69, 9.17) is 16.3 Å². The number of thiophene rings is 1. The van der Waals surface area contributed by atoms with Crippen molar-refractivity contribution in [2.75, 3.05) is 13.7 Å². The summed E-state index contributed by atoms with van der Waals surface area (Å²) in [6, 6.07) is 9.91. The van der Waals surface area contributed by atoms with E-state index in [1.165, 1.54) is 0 Å². The smallest absolute Gasteiger partial charge is 0.325 e. The predicted octanol–water partition coefficient (Wildman–Crippen LogP) is 3.15. The van der Waals surface area contributed by atoms with Crippen molar-refractivity contribution in [3.8, 4) is 5.75 Å². The second-order valence-corrected chi connectivity index (χ2v) is 7.88. The third kappa shape index (κ3) is 3.45. The van der Waals surface area contributed by atoms with Gasteiger partial charge in [0.15, 0.2) is 5.78 Å². The molecule has 3 amide bonds. The Kier molecular flexibility index (Phi) is 5.02. The van der Waals surface area contributed by atoms with Crippen molar-refractivity contribution in [3.05, 3.63) is 51.2 Å². The van der Waals surface area contributed by atoms with Gasteiger partial charge in [0.2, 0.25) is 0 Å². The molecule has 1 atom stereocenters. The summed E-state index contributed by atoms with van der Waals surface area (Å²) in [6.45, 7) is 1.33. The molecule has 1 aliphatic rings. The van der Waals surface area contributed by atoms with E-state index in [-0.39, 0.29) is 18.7 Å². The van der Waals surface area contributed by atoms with Gasteiger partial charge in [-0.05, 0) is 30.7 Å². The van der Waals surface area contributed by atoms with E-state index < -0.39 is 17.5 Å². The second kappa shape index (κ2) is 7.09. The van der Waals surface area contributed by atoms with Crippen LogP contribution < -0.4 is 10.1 Å². The number of halogens is 1. The number of nitrogens with one attached hydrogen (secondary N) is 1. The first kappa shape index (κ1) is 18.4. The Labute approximate surface area is 159 Å². The van der Waals surface area contributed by atoms with Crippen LogP contribution in [0.15, 0.2) is 36.4 Å². The number of Topliss-reactive ketones (excluding diaryl/α,β-unsaturated/α-hetero) is 1. The predicted molar refractivity (Wildman–Crippen MR) is 99.0 cm³/mol. The first-order valence-corrected chi connectivity index (χ1v) is 9.08. The molecule has 1 aliphatic heterocycles. The van der Waals surface area contributed by atoms with Gasteiger partial charge in [-0.2, -0.15) is 0 Å². The number of carbonyl (C=O) groups is 3. The number of amides is 3. The zero-order chi connectivity index (χ0) is 18.9. The lowest BCUT2D eigenvalue weighted by Crippen LogP contribution is -2.46. The molecule has 26 heavy (non-hydrogen) atoms. The van der Waals surface area contributed by atoms with E-state index in [2.05, 4.69) is 5.32 Å². The molecule has 3 rings (SSSR count). The molecule has 8 heteroatoms. The standard InChI is InChI=1S/C18H17ClN2O4S/c1-18(9-11-5-3-4-6-13(11)25-2)16(23)21(17(24)20-18)10-12(22)14-7-8-15(19)26-14/h3-8H,9-10H2,1-2H3,(H,20,24)/t18-/m1/s1. The highest BCUT2D eigenvalue weighted by atomic mass is 35.5. The summed E-state index contributed by atoms with van der Waals surface area (Å²) in [5, 5.41) is 2.70. The van der Waals surface area contributed by atoms with Crippen molar-refractivity contribution >= 4 is 40.7 Å². The molecule has 0 unspecified atom stereocenters. The molecule has 0 radical (unpaired) electrons. The summed E-state index contributed by atoms with van der Waals surface area (Å²) < 4.78 is 5.79. The number of ketones is 1. The van der Waals surface area contributed by atoms with E-state index in [0.29, 0.717) is 15.0 Å². The molecule has 0 bridgehead atoms. The number of para-hydroxylation sites is 1. The summed E-state index contributed by atoms with van der Waals surface area (Å²) in [6.07, 6.45) is 0.261. The van der Waals surface area contributed by atoms with Crippen molar-refractivity contribution in [3.63, 3.8) is 0 Å². The summed E-state index contributed by atoms with van der Waals surface area (Å²) in [5.74, 6) is -0.130. The summed E-state index contributed by atoms with van der Waals surface area (Å²) >= 11 is 6.96. The van der Waals surface area contributed by atoms with Gasteiger partial charge in [-0.15, -0.1) is 11.3 Å². The van der Waals surface area contributed by atoms with Gasteiger partial charge < -0.3 is 10.1 Å². The monoisotopic (exact) mass is 392 g/mol. The van der Waals surface area contributed by atoms with Crippen LogP contribution in [0.1, 0.15) is 22.2 Å². The van der Waals surface area contributed by atoms with Crippen LogP contribution in [0.25, 0.3) is 0 Å². The molecule has 2 heterocycles. The first-order chi connectivity index (χ1) is 12.3. The number of rotatable bonds is 6. The number of methoxy groups -OCH3 is 1. The maximum absolute atomic E-state index is 12.8. The topological polar surface area (TPSA) is 75.7 Å². The molecule has 0 spiro atoms. The highest BCUT2D eigenvalue weighted by Crippen LogP contribution is 2.28. The normalized spacial score (nSPS) is 19.6. The lowest BCUT2D eigenvalue weighted by atomic mass is 9.92. The Bertz CT molecular complexity index is 882. The molecular weight excluding hydrogens is 376 g/mol. The van der Waals surface area contributed by atoms with E-state index >= 15 is 0 Å². The van der Waals surface area contributed by atoms with Crippen molar-refractivity contribution in [1.29, 1.82) is 0 Å². The van der Waals surface area contributed by atoms with E-state index in [1.54, 1.807) is 32.2 Å². The lowest BCUT2D eigenvalue weighted by molar-refractivity contribution is -0.130. The fourth-order valence-electron chi connectivity index (χ4n) is 2.93. The van der Waals surface area contributed by atoms with Crippen LogP contribution in [0.2, 0.25) is 4.34 Å². The zero-order valence-corrected chi connectivity index (χ0v) is 15.8. The average Bonchev–Trinajstić information content (AvgIpc) is 3.13.